The number of nitrogens with one attached hydrogen (secondary N) is 3. The third kappa shape index (κ3) is 14.7. The maximum atomic E-state index is 14.4. The molecule has 0 radical (unpaired) electrons. The fraction of sp³-hybridized carbons (Fsp3) is 0.554. The highest BCUT2D eigenvalue weighted by Gasteiger charge is 2.64. The van der Waals surface area contributed by atoms with Crippen molar-refractivity contribution in [1.82, 2.24) is 30.3 Å². The molecule has 1 aromatic heterocycles. The number of aryl methyl sites for hydroxylation is 1. The number of aliphatic hydroxyl groups is 2. The Labute approximate surface area is 460 Å². The van der Waals surface area contributed by atoms with Crippen LogP contribution in [0.4, 0.5) is 10.5 Å². The van der Waals surface area contributed by atoms with Crippen LogP contribution in [0, 0.1) is 5.92 Å². The van der Waals surface area contributed by atoms with E-state index in [-0.39, 0.29) is 43.2 Å². The van der Waals surface area contributed by atoms with Gasteiger partial charge in [0.1, 0.15) is 46.5 Å². The predicted molar refractivity (Wildman–Crippen MR) is 290 cm³/mol. The molecule has 4 heterocycles. The lowest BCUT2D eigenvalue weighted by Crippen LogP contribution is -2.63. The summed E-state index contributed by atoms with van der Waals surface area (Å²) in [6.07, 6.45) is -1.51. The van der Waals surface area contributed by atoms with Gasteiger partial charge in [-0.1, -0.05) is 67.4 Å². The summed E-state index contributed by atoms with van der Waals surface area (Å²) < 4.78 is 31.5. The number of aliphatic hydroxyl groups excluding tert-OH is 1. The van der Waals surface area contributed by atoms with Gasteiger partial charge in [-0.2, -0.15) is 0 Å². The number of methoxy groups -OCH3 is 2. The SMILES string of the molecule is CCN(C)Cc1cc2ccccc2n1CCC(=O)CCCNC(=O)C(O)C(=O)NCCC(=O)N(C)[C@@H](C)C(=O)O[C@H]1CC(=O)N(C)c2cc(cc(OC)c2Cl)C/C(C)=C/C=C/[C@@H](OC)[C@@]2(O)C[C@H](OC(=O)N2)[C@@H](C)[C@@H]2O[C@]12C. The number of nitrogens with zero attached hydrogens (tertiary/aromatic N) is 4. The highest BCUT2D eigenvalue weighted by molar-refractivity contribution is 6.35. The summed E-state index contributed by atoms with van der Waals surface area (Å²) in [5.41, 5.74) is 0.875. The molecule has 3 aromatic rings. The van der Waals surface area contributed by atoms with Gasteiger partial charge in [0, 0.05) is 90.2 Å². The van der Waals surface area contributed by atoms with E-state index in [0.717, 1.165) is 45.7 Å². The number of likely N-dealkylation sites (N-methyl/N-ethyl adjacent to an activating group) is 1. The number of halogens is 1. The molecule has 78 heavy (non-hydrogen) atoms. The third-order valence-electron chi connectivity index (χ3n) is 15.1. The number of hydrogen-bond acceptors (Lipinski definition) is 15. The standard InChI is InChI=1S/C56H76ClN7O14/c1-11-61(6)32-38-29-37-17-12-13-19-40(37)64(38)25-22-39(65)18-15-23-58-51(69)49(68)52(70)59-24-21-46(66)62(7)35(4)53(71)77-45-30-47(67)63(8)41-27-36(28-42(74-9)48(41)57)26-33(2)16-14-20-44(75-10)56(73)31-43(76-54(72)60-56)34(3)50-55(45,5)78-50/h12-14,16-17,19-20,27-29,34-35,43-45,49-50,68,73H,11,15,18,21-26,30-32H2,1-10H3,(H,58,69)(H,59,70)(H,60,72)/b20-14+,33-16+/t34-,35+,43+,44-,45+,49?,50+,55-,56+/m1/s1. The molecule has 4 bridgehead atoms. The van der Waals surface area contributed by atoms with E-state index < -0.39 is 95.9 Å². The van der Waals surface area contributed by atoms with Crippen LogP contribution in [0.2, 0.25) is 5.02 Å². The second-order valence-corrected chi connectivity index (χ2v) is 21.1. The first-order valence-electron chi connectivity index (χ1n) is 26.3. The molecule has 3 aliphatic rings. The summed E-state index contributed by atoms with van der Waals surface area (Å²) in [5, 5.41) is 30.9. The van der Waals surface area contributed by atoms with Gasteiger partial charge >= 0.3 is 12.1 Å². The van der Waals surface area contributed by atoms with Gasteiger partial charge < -0.3 is 63.8 Å². The lowest BCUT2D eigenvalue weighted by Gasteiger charge is -2.42. The average molecular weight is 1110 g/mol. The molecule has 426 valence electrons. The predicted octanol–water partition coefficient (Wildman–Crippen LogP) is 4.34. The number of benzene rings is 2. The van der Waals surface area contributed by atoms with E-state index in [4.69, 9.17) is 35.3 Å². The van der Waals surface area contributed by atoms with Gasteiger partial charge in [-0.3, -0.25) is 29.3 Å². The number of Topliss-reactive ketones (excluding diaryl/α,β-unsaturated/α-hetero) is 1. The van der Waals surface area contributed by atoms with Crippen molar-refractivity contribution in [2.45, 2.75) is 141 Å². The number of para-hydroxylation sites is 1. The van der Waals surface area contributed by atoms with Gasteiger partial charge in [-0.25, -0.2) is 9.59 Å². The van der Waals surface area contributed by atoms with Gasteiger partial charge in [0.15, 0.2) is 5.72 Å². The zero-order valence-corrected chi connectivity index (χ0v) is 47.0. The number of carbonyl (C=O) groups excluding carboxylic acids is 7. The number of anilines is 1. The molecule has 0 saturated carbocycles. The fourth-order valence-electron chi connectivity index (χ4n) is 9.91. The van der Waals surface area contributed by atoms with Crippen LogP contribution in [0.5, 0.6) is 5.75 Å². The molecule has 2 saturated heterocycles. The van der Waals surface area contributed by atoms with Crippen molar-refractivity contribution >= 4 is 69.7 Å². The first-order valence-corrected chi connectivity index (χ1v) is 26.7. The molecular weight excluding hydrogens is 1030 g/mol. The van der Waals surface area contributed by atoms with Crippen LogP contribution < -0.4 is 25.6 Å². The Balaban J connectivity index is 1.04. The number of esters is 1. The largest absolute Gasteiger partial charge is 0.495 e. The lowest BCUT2D eigenvalue weighted by atomic mass is 9.83. The van der Waals surface area contributed by atoms with Crippen LogP contribution in [0.25, 0.3) is 10.9 Å². The van der Waals surface area contributed by atoms with Crippen molar-refractivity contribution in [2.75, 3.05) is 59.9 Å². The maximum absolute atomic E-state index is 14.4. The zero-order valence-electron chi connectivity index (χ0n) is 46.3. The number of alkyl carbamates (subject to hydrolysis) is 1. The van der Waals surface area contributed by atoms with E-state index in [1.807, 2.05) is 44.3 Å². The number of epoxide rings is 1. The van der Waals surface area contributed by atoms with Gasteiger partial charge in [-0.15, -0.1) is 0 Å². The Morgan fingerprint density at radius 3 is 2.42 bits per heavy atom. The van der Waals surface area contributed by atoms with Gasteiger partial charge in [0.05, 0.1) is 25.3 Å². The van der Waals surface area contributed by atoms with E-state index in [0.29, 0.717) is 37.2 Å². The second-order valence-electron chi connectivity index (χ2n) is 20.7. The minimum absolute atomic E-state index is 0.00661. The van der Waals surface area contributed by atoms with Crippen LogP contribution in [-0.2, 0) is 67.2 Å². The van der Waals surface area contributed by atoms with Crippen LogP contribution >= 0.6 is 11.6 Å². The lowest BCUT2D eigenvalue weighted by molar-refractivity contribution is -0.162. The number of allylic oxidation sites excluding steroid dienone is 3. The van der Waals surface area contributed by atoms with E-state index in [1.165, 1.54) is 40.1 Å². The minimum atomic E-state index is -2.09. The number of hydrogen-bond donors (Lipinski definition) is 5. The van der Waals surface area contributed by atoms with Crippen molar-refractivity contribution in [2.24, 2.45) is 5.92 Å². The first kappa shape index (κ1) is 60.9. The summed E-state index contributed by atoms with van der Waals surface area (Å²) >= 11 is 6.81. The maximum Gasteiger partial charge on any atom is 0.409 e. The van der Waals surface area contributed by atoms with Crippen LogP contribution in [-0.4, -0.2) is 169 Å². The molecule has 21 nitrogen and oxygen atoms in total. The highest BCUT2D eigenvalue weighted by Crippen LogP contribution is 2.49. The number of ketones is 1. The molecule has 0 aliphatic carbocycles. The van der Waals surface area contributed by atoms with E-state index in [9.17, 15) is 43.8 Å². The van der Waals surface area contributed by atoms with Crippen molar-refractivity contribution in [3.8, 4) is 5.75 Å². The molecule has 9 atom stereocenters. The van der Waals surface area contributed by atoms with E-state index in [2.05, 4.69) is 38.4 Å². The summed E-state index contributed by atoms with van der Waals surface area (Å²) in [7, 11) is 7.78. The molecule has 5 N–H and O–H groups in total. The zero-order chi connectivity index (χ0) is 57.2. The molecule has 2 fully saturated rings. The molecule has 6 rings (SSSR count). The summed E-state index contributed by atoms with van der Waals surface area (Å²) in [4.78, 5) is 97.8. The van der Waals surface area contributed by atoms with E-state index >= 15 is 0 Å². The second kappa shape index (κ2) is 26.5. The molecule has 1 unspecified atom stereocenters. The minimum Gasteiger partial charge on any atom is -0.495 e. The molecule has 0 spiro atoms. The Hall–Kier alpha value is -6.36. The summed E-state index contributed by atoms with van der Waals surface area (Å²) in [5.74, 6) is -4.35. The Kier molecular flexibility index (Phi) is 20.7. The number of fused-ring (bicyclic) bond motifs is 6. The Morgan fingerprint density at radius 2 is 1.73 bits per heavy atom. The van der Waals surface area contributed by atoms with Gasteiger partial charge in [0.25, 0.3) is 11.8 Å². The molecule has 22 heteroatoms. The van der Waals surface area contributed by atoms with Crippen LogP contribution in [0.15, 0.2) is 66.3 Å². The fourth-order valence-corrected chi connectivity index (χ4v) is 10.2. The van der Waals surface area contributed by atoms with Crippen molar-refractivity contribution < 1.29 is 67.5 Å². The quantitative estimate of drug-likeness (QED) is 0.0456. The summed E-state index contributed by atoms with van der Waals surface area (Å²) in [6.45, 7) is 10.7. The monoisotopic (exact) mass is 1110 g/mol. The van der Waals surface area contributed by atoms with Crippen molar-refractivity contribution in [1.29, 1.82) is 0 Å². The van der Waals surface area contributed by atoms with Crippen molar-refractivity contribution in [3.63, 3.8) is 0 Å². The third-order valence-corrected chi connectivity index (χ3v) is 15.5. The molecular formula is C56H76ClN7O14. The number of rotatable bonds is 20. The van der Waals surface area contributed by atoms with Crippen LogP contribution in [0.3, 0.4) is 0 Å². The molecule has 2 aromatic carbocycles. The molecule has 3 aliphatic heterocycles. The molecule has 5 amide bonds. The highest BCUT2D eigenvalue weighted by atomic mass is 35.5. The van der Waals surface area contributed by atoms with Crippen LogP contribution in [0.1, 0.15) is 84.4 Å². The Bertz CT molecular complexity index is 2770. The number of ether oxygens (including phenoxy) is 5. The first-order chi connectivity index (χ1) is 36.9. The van der Waals surface area contributed by atoms with E-state index in [1.54, 1.807) is 38.1 Å². The Morgan fingerprint density at radius 1 is 1.03 bits per heavy atom. The smallest absolute Gasteiger partial charge is 0.409 e. The normalized spacial score (nSPS) is 25.3. The number of carbonyl (C=O) groups is 7. The summed E-state index contributed by atoms with van der Waals surface area (Å²) in [6, 6.07) is 12.4. The van der Waals surface area contributed by atoms with Crippen molar-refractivity contribution in [3.05, 3.63) is 82.5 Å². The number of amides is 5. The van der Waals surface area contributed by atoms with Gasteiger partial charge in [0.2, 0.25) is 17.9 Å². The number of aromatic nitrogens is 1. The average Bonchev–Trinajstić information content (AvgIpc) is 4.17. The topological polar surface area (TPSA) is 260 Å². The van der Waals surface area contributed by atoms with Gasteiger partial charge in [-0.05, 0) is 82.4 Å².